The summed E-state index contributed by atoms with van der Waals surface area (Å²) in [7, 11) is 0. The maximum Gasteiger partial charge on any atom is 0.231 e. The smallest absolute Gasteiger partial charge is 0.231 e. The van der Waals surface area contributed by atoms with E-state index in [0.29, 0.717) is 17.3 Å². The molecule has 0 saturated heterocycles. The van der Waals surface area contributed by atoms with E-state index in [1.165, 1.54) is 11.1 Å². The summed E-state index contributed by atoms with van der Waals surface area (Å²) < 4.78 is 10.7. The van der Waals surface area contributed by atoms with Gasteiger partial charge in [-0.3, -0.25) is 0 Å². The van der Waals surface area contributed by atoms with Crippen LogP contribution in [0.25, 0.3) is 0 Å². The number of fused-ring (bicyclic) bond motifs is 1. The Morgan fingerprint density at radius 1 is 1.15 bits per heavy atom. The molecule has 0 aliphatic carbocycles. The van der Waals surface area contributed by atoms with Crippen molar-refractivity contribution in [1.82, 2.24) is 0 Å². The molecule has 3 nitrogen and oxygen atoms in total. The molecule has 0 amide bonds. The predicted octanol–water partition coefficient (Wildman–Crippen LogP) is 4.30. The lowest BCUT2D eigenvalue weighted by Gasteiger charge is -2.11. The van der Waals surface area contributed by atoms with Crippen molar-refractivity contribution in [1.29, 1.82) is 0 Å². The first-order chi connectivity index (χ1) is 9.63. The highest BCUT2D eigenvalue weighted by molar-refractivity contribution is 6.32. The molecule has 1 heterocycles. The summed E-state index contributed by atoms with van der Waals surface area (Å²) in [6.07, 6.45) is 0. The van der Waals surface area contributed by atoms with Gasteiger partial charge >= 0.3 is 0 Å². The summed E-state index contributed by atoms with van der Waals surface area (Å²) in [5.74, 6) is 1.36. The van der Waals surface area contributed by atoms with Gasteiger partial charge in [-0.05, 0) is 48.7 Å². The topological polar surface area (TPSA) is 30.5 Å². The van der Waals surface area contributed by atoms with Crippen molar-refractivity contribution in [3.63, 3.8) is 0 Å². The third kappa shape index (κ3) is 2.54. The fourth-order valence-electron chi connectivity index (χ4n) is 2.25. The molecule has 0 spiro atoms. The van der Waals surface area contributed by atoms with Gasteiger partial charge in [0.25, 0.3) is 0 Å². The van der Waals surface area contributed by atoms with E-state index in [2.05, 4.69) is 37.4 Å². The van der Waals surface area contributed by atoms with Crippen molar-refractivity contribution >= 4 is 17.3 Å². The van der Waals surface area contributed by atoms with E-state index >= 15 is 0 Å². The first-order valence-corrected chi connectivity index (χ1v) is 6.90. The van der Waals surface area contributed by atoms with Gasteiger partial charge in [0, 0.05) is 12.2 Å². The largest absolute Gasteiger partial charge is 0.454 e. The second-order valence-corrected chi connectivity index (χ2v) is 5.39. The zero-order valence-electron chi connectivity index (χ0n) is 11.5. The highest BCUT2D eigenvalue weighted by atomic mass is 35.5. The molecule has 0 saturated carbocycles. The molecular formula is C16H16ClNO2. The molecule has 20 heavy (non-hydrogen) atoms. The summed E-state index contributed by atoms with van der Waals surface area (Å²) >= 11 is 6.18. The number of benzene rings is 2. The Kier molecular flexibility index (Phi) is 3.45. The van der Waals surface area contributed by atoms with Crippen LogP contribution in [-0.2, 0) is 6.54 Å². The number of aryl methyl sites for hydroxylation is 2. The van der Waals surface area contributed by atoms with Crippen molar-refractivity contribution in [3.8, 4) is 11.5 Å². The normalized spacial score (nSPS) is 12.6. The van der Waals surface area contributed by atoms with Crippen LogP contribution in [-0.4, -0.2) is 6.79 Å². The SMILES string of the molecule is Cc1ccc(C)c(NCc2cc(Cl)c3c(c2)OCO3)c1. The molecule has 2 aromatic carbocycles. The van der Waals surface area contributed by atoms with Crippen molar-refractivity contribution in [2.75, 3.05) is 12.1 Å². The van der Waals surface area contributed by atoms with Crippen LogP contribution < -0.4 is 14.8 Å². The van der Waals surface area contributed by atoms with Gasteiger partial charge in [0.05, 0.1) is 5.02 Å². The third-order valence-corrected chi connectivity index (χ3v) is 3.64. The molecule has 3 rings (SSSR count). The van der Waals surface area contributed by atoms with Crippen molar-refractivity contribution in [2.45, 2.75) is 20.4 Å². The first kappa shape index (κ1) is 13.1. The number of halogens is 1. The van der Waals surface area contributed by atoms with E-state index in [1.807, 2.05) is 12.1 Å². The molecule has 2 aromatic rings. The summed E-state index contributed by atoms with van der Waals surface area (Å²) in [5.41, 5.74) is 4.67. The van der Waals surface area contributed by atoms with Crippen LogP contribution in [0.5, 0.6) is 11.5 Å². The lowest BCUT2D eigenvalue weighted by Crippen LogP contribution is -2.01. The Morgan fingerprint density at radius 2 is 2.00 bits per heavy atom. The van der Waals surface area contributed by atoms with E-state index < -0.39 is 0 Å². The Morgan fingerprint density at radius 3 is 2.85 bits per heavy atom. The van der Waals surface area contributed by atoms with Crippen molar-refractivity contribution < 1.29 is 9.47 Å². The molecule has 4 heteroatoms. The van der Waals surface area contributed by atoms with Crippen LogP contribution in [0.15, 0.2) is 30.3 Å². The Balaban J connectivity index is 1.79. The van der Waals surface area contributed by atoms with Gasteiger partial charge in [0.1, 0.15) is 0 Å². The quantitative estimate of drug-likeness (QED) is 0.914. The molecular weight excluding hydrogens is 274 g/mol. The number of hydrogen-bond acceptors (Lipinski definition) is 3. The van der Waals surface area contributed by atoms with E-state index in [0.717, 1.165) is 17.0 Å². The van der Waals surface area contributed by atoms with Crippen LogP contribution in [0.1, 0.15) is 16.7 Å². The molecule has 0 unspecified atom stereocenters. The lowest BCUT2D eigenvalue weighted by molar-refractivity contribution is 0.174. The average Bonchev–Trinajstić information content (AvgIpc) is 2.89. The summed E-state index contributed by atoms with van der Waals surface area (Å²) in [4.78, 5) is 0. The van der Waals surface area contributed by atoms with Crippen LogP contribution in [0.2, 0.25) is 5.02 Å². The third-order valence-electron chi connectivity index (χ3n) is 3.36. The fraction of sp³-hybridized carbons (Fsp3) is 0.250. The zero-order chi connectivity index (χ0) is 14.1. The summed E-state index contributed by atoms with van der Waals surface area (Å²) in [6.45, 7) is 5.11. The van der Waals surface area contributed by atoms with Gasteiger partial charge in [0.2, 0.25) is 6.79 Å². The number of ether oxygens (including phenoxy) is 2. The van der Waals surface area contributed by atoms with E-state index in [-0.39, 0.29) is 6.79 Å². The zero-order valence-corrected chi connectivity index (χ0v) is 12.3. The molecule has 0 radical (unpaired) electrons. The van der Waals surface area contributed by atoms with E-state index in [1.54, 1.807) is 0 Å². The number of hydrogen-bond donors (Lipinski definition) is 1. The van der Waals surface area contributed by atoms with Crippen molar-refractivity contribution in [3.05, 3.63) is 52.0 Å². The van der Waals surface area contributed by atoms with Gasteiger partial charge in [-0.15, -0.1) is 0 Å². The molecule has 104 valence electrons. The minimum Gasteiger partial charge on any atom is -0.454 e. The molecule has 0 fully saturated rings. The second kappa shape index (κ2) is 5.25. The summed E-state index contributed by atoms with van der Waals surface area (Å²) in [6, 6.07) is 10.2. The molecule has 0 bridgehead atoms. The maximum atomic E-state index is 6.18. The molecule has 0 atom stereocenters. The van der Waals surface area contributed by atoms with Crippen LogP contribution in [0.3, 0.4) is 0 Å². The average molecular weight is 290 g/mol. The minimum atomic E-state index is 0.239. The molecule has 1 aliphatic rings. The first-order valence-electron chi connectivity index (χ1n) is 6.52. The number of rotatable bonds is 3. The van der Waals surface area contributed by atoms with Gasteiger partial charge in [-0.25, -0.2) is 0 Å². The number of anilines is 1. The molecule has 0 aromatic heterocycles. The highest BCUT2D eigenvalue weighted by Crippen LogP contribution is 2.39. The molecule has 1 aliphatic heterocycles. The Labute approximate surface area is 123 Å². The minimum absolute atomic E-state index is 0.239. The van der Waals surface area contributed by atoms with Gasteiger partial charge in [-0.2, -0.15) is 0 Å². The fourth-order valence-corrected chi connectivity index (χ4v) is 2.53. The van der Waals surface area contributed by atoms with Crippen molar-refractivity contribution in [2.24, 2.45) is 0 Å². The van der Waals surface area contributed by atoms with Crippen LogP contribution in [0, 0.1) is 13.8 Å². The lowest BCUT2D eigenvalue weighted by atomic mass is 10.1. The van der Waals surface area contributed by atoms with E-state index in [9.17, 15) is 0 Å². The van der Waals surface area contributed by atoms with Gasteiger partial charge in [-0.1, -0.05) is 23.7 Å². The van der Waals surface area contributed by atoms with Crippen LogP contribution >= 0.6 is 11.6 Å². The standard InChI is InChI=1S/C16H16ClNO2/c1-10-3-4-11(2)14(5-10)18-8-12-6-13(17)16-15(7-12)19-9-20-16/h3-7,18H,8-9H2,1-2H3. The van der Waals surface area contributed by atoms with E-state index in [4.69, 9.17) is 21.1 Å². The Bertz CT molecular complexity index is 655. The number of nitrogens with one attached hydrogen (secondary N) is 1. The monoisotopic (exact) mass is 289 g/mol. The summed E-state index contributed by atoms with van der Waals surface area (Å²) in [5, 5.41) is 4.03. The maximum absolute atomic E-state index is 6.18. The van der Waals surface area contributed by atoms with Gasteiger partial charge in [0.15, 0.2) is 11.5 Å². The van der Waals surface area contributed by atoms with Crippen LogP contribution in [0.4, 0.5) is 5.69 Å². The second-order valence-electron chi connectivity index (χ2n) is 4.98. The van der Waals surface area contributed by atoms with Gasteiger partial charge < -0.3 is 14.8 Å². The predicted molar refractivity (Wildman–Crippen MR) is 80.8 cm³/mol. The Hall–Kier alpha value is -1.87. The molecule has 1 N–H and O–H groups in total. The highest BCUT2D eigenvalue weighted by Gasteiger charge is 2.18.